The van der Waals surface area contributed by atoms with Crippen molar-refractivity contribution in [3.63, 3.8) is 0 Å². The molecule has 6 nitrogen and oxygen atoms in total. The number of methoxy groups -OCH3 is 1. The Morgan fingerprint density at radius 2 is 2.00 bits per heavy atom. The number of aromatic nitrogens is 2. The van der Waals surface area contributed by atoms with Crippen LogP contribution in [0.5, 0.6) is 11.6 Å². The third-order valence-corrected chi connectivity index (χ3v) is 5.12. The lowest BCUT2D eigenvalue weighted by Crippen LogP contribution is -2.21. The van der Waals surface area contributed by atoms with Crippen molar-refractivity contribution in [1.29, 1.82) is 5.26 Å². The summed E-state index contributed by atoms with van der Waals surface area (Å²) in [4.78, 5) is 0. The highest BCUT2D eigenvalue weighted by Crippen LogP contribution is 2.49. The number of nitrogens with zero attached hydrogens (tertiary/aromatic N) is 2. The van der Waals surface area contributed by atoms with Crippen molar-refractivity contribution in [2.45, 2.75) is 5.92 Å². The molecule has 29 heavy (non-hydrogen) atoms. The highest BCUT2D eigenvalue weighted by Gasteiger charge is 2.37. The molecule has 1 aliphatic rings. The second-order valence-corrected chi connectivity index (χ2v) is 7.10. The number of nitriles is 1. The average Bonchev–Trinajstić information content (AvgIpc) is 3.10. The number of hydrogen-bond donors (Lipinski definition) is 2. The van der Waals surface area contributed by atoms with Gasteiger partial charge in [0.05, 0.1) is 29.3 Å². The Hall–Kier alpha value is -3.21. The number of nitrogens with two attached hydrogens (primary N) is 1. The van der Waals surface area contributed by atoms with Crippen LogP contribution in [-0.4, -0.2) is 17.3 Å². The van der Waals surface area contributed by atoms with Crippen LogP contribution >= 0.6 is 23.2 Å². The van der Waals surface area contributed by atoms with Crippen LogP contribution in [0.1, 0.15) is 17.0 Å². The van der Waals surface area contributed by atoms with E-state index in [4.69, 9.17) is 38.4 Å². The lowest BCUT2D eigenvalue weighted by atomic mass is 9.82. The minimum absolute atomic E-state index is 0.0830. The van der Waals surface area contributed by atoms with E-state index in [1.807, 2.05) is 0 Å². The third kappa shape index (κ3) is 3.16. The van der Waals surface area contributed by atoms with Crippen molar-refractivity contribution < 1.29 is 13.9 Å². The van der Waals surface area contributed by atoms with Crippen molar-refractivity contribution in [2.24, 2.45) is 5.73 Å². The lowest BCUT2D eigenvalue weighted by Gasteiger charge is -2.26. The number of allylic oxidation sites excluding steroid dienone is 1. The van der Waals surface area contributed by atoms with Crippen molar-refractivity contribution >= 4 is 23.2 Å². The SMILES string of the molecule is COc1c(Cl)cc(Cl)cc1[C@H]1C(C#N)=C(N)Oc2n[nH]c(-c3ccc(F)cc3)c21. The van der Waals surface area contributed by atoms with Gasteiger partial charge in [-0.15, -0.1) is 5.10 Å². The van der Waals surface area contributed by atoms with Crippen molar-refractivity contribution in [3.05, 3.63) is 74.8 Å². The van der Waals surface area contributed by atoms with Crippen molar-refractivity contribution in [1.82, 2.24) is 10.2 Å². The predicted octanol–water partition coefficient (Wildman–Crippen LogP) is 4.75. The molecule has 0 radical (unpaired) electrons. The van der Waals surface area contributed by atoms with Gasteiger partial charge in [0.1, 0.15) is 23.2 Å². The monoisotopic (exact) mass is 430 g/mol. The molecule has 1 atom stereocenters. The maximum atomic E-state index is 13.4. The first-order valence-electron chi connectivity index (χ1n) is 8.39. The molecule has 2 aromatic carbocycles. The molecule has 146 valence electrons. The van der Waals surface area contributed by atoms with Gasteiger partial charge in [0.2, 0.25) is 11.8 Å². The largest absolute Gasteiger partial charge is 0.495 e. The zero-order valence-corrected chi connectivity index (χ0v) is 16.5. The summed E-state index contributed by atoms with van der Waals surface area (Å²) in [5.41, 5.74) is 8.41. The number of rotatable bonds is 3. The van der Waals surface area contributed by atoms with Gasteiger partial charge in [-0.1, -0.05) is 23.2 Å². The first-order chi connectivity index (χ1) is 13.9. The predicted molar refractivity (Wildman–Crippen MR) is 106 cm³/mol. The summed E-state index contributed by atoms with van der Waals surface area (Å²) < 4.78 is 24.4. The molecule has 1 aromatic heterocycles. The summed E-state index contributed by atoms with van der Waals surface area (Å²) in [5, 5.41) is 17.5. The van der Waals surface area contributed by atoms with E-state index in [1.165, 1.54) is 19.2 Å². The van der Waals surface area contributed by atoms with Crippen molar-refractivity contribution in [2.75, 3.05) is 7.11 Å². The number of nitrogens with one attached hydrogen (secondary N) is 1. The van der Waals surface area contributed by atoms with Crippen LogP contribution in [0.15, 0.2) is 47.9 Å². The van der Waals surface area contributed by atoms with Crippen LogP contribution in [0.2, 0.25) is 10.0 Å². The van der Waals surface area contributed by atoms with Crippen LogP contribution in [0, 0.1) is 17.1 Å². The summed E-state index contributed by atoms with van der Waals surface area (Å²) in [7, 11) is 1.47. The van der Waals surface area contributed by atoms with Gasteiger partial charge < -0.3 is 15.2 Å². The minimum atomic E-state index is -0.714. The molecule has 3 aromatic rings. The number of hydrogen-bond acceptors (Lipinski definition) is 5. The number of fused-ring (bicyclic) bond motifs is 1. The highest BCUT2D eigenvalue weighted by molar-refractivity contribution is 6.35. The second-order valence-electron chi connectivity index (χ2n) is 6.26. The normalized spacial score (nSPS) is 15.5. The molecule has 0 spiro atoms. The fourth-order valence-corrected chi connectivity index (χ4v) is 3.99. The summed E-state index contributed by atoms with van der Waals surface area (Å²) >= 11 is 12.6. The third-order valence-electron chi connectivity index (χ3n) is 4.62. The second kappa shape index (κ2) is 7.32. The van der Waals surface area contributed by atoms with E-state index in [1.54, 1.807) is 24.3 Å². The Kier molecular flexibility index (Phi) is 4.82. The molecular weight excluding hydrogens is 418 g/mol. The zero-order valence-electron chi connectivity index (χ0n) is 15.0. The van der Waals surface area contributed by atoms with Gasteiger partial charge in [-0.2, -0.15) is 5.26 Å². The first kappa shape index (κ1) is 19.1. The Bertz CT molecular complexity index is 1180. The van der Waals surface area contributed by atoms with Gasteiger partial charge in [-0.05, 0) is 36.4 Å². The Morgan fingerprint density at radius 1 is 1.28 bits per heavy atom. The van der Waals surface area contributed by atoms with Gasteiger partial charge >= 0.3 is 0 Å². The molecule has 2 heterocycles. The summed E-state index contributed by atoms with van der Waals surface area (Å²) in [6, 6.07) is 11.1. The average molecular weight is 431 g/mol. The molecule has 0 aliphatic carbocycles. The molecule has 0 fully saturated rings. The zero-order chi connectivity index (χ0) is 20.7. The highest BCUT2D eigenvalue weighted by atomic mass is 35.5. The van der Waals surface area contributed by atoms with Gasteiger partial charge in [0.15, 0.2) is 0 Å². The molecule has 4 rings (SSSR count). The smallest absolute Gasteiger partial charge is 0.244 e. The van der Waals surface area contributed by atoms with E-state index >= 15 is 0 Å². The molecule has 0 unspecified atom stereocenters. The Labute approximate surface area is 175 Å². The van der Waals surface area contributed by atoms with Crippen molar-refractivity contribution in [3.8, 4) is 29.0 Å². The molecule has 0 saturated carbocycles. The van der Waals surface area contributed by atoms with Crippen LogP contribution in [-0.2, 0) is 0 Å². The molecule has 9 heteroatoms. The Morgan fingerprint density at radius 3 is 2.66 bits per heavy atom. The molecular formula is C20H13Cl2FN4O2. The van der Waals surface area contributed by atoms with E-state index in [0.717, 1.165) is 0 Å². The number of benzene rings is 2. The van der Waals surface area contributed by atoms with Crippen LogP contribution in [0.25, 0.3) is 11.3 Å². The quantitative estimate of drug-likeness (QED) is 0.624. The lowest BCUT2D eigenvalue weighted by molar-refractivity contribution is 0.375. The van der Waals surface area contributed by atoms with E-state index in [-0.39, 0.29) is 28.2 Å². The first-order valence-corrected chi connectivity index (χ1v) is 9.15. The maximum Gasteiger partial charge on any atom is 0.244 e. The molecule has 3 N–H and O–H groups in total. The summed E-state index contributed by atoms with van der Waals surface area (Å²) in [6.45, 7) is 0. The van der Waals surface area contributed by atoms with Gasteiger partial charge in [-0.25, -0.2) is 4.39 Å². The standard InChI is InChI=1S/C20H13Cl2FN4O2/c1-28-18-12(6-10(21)7-14(18)22)15-13(8-24)19(25)29-20-16(15)17(26-27-20)9-2-4-11(23)5-3-9/h2-7,15H,25H2,1H3,(H,26,27)/t15-/m0/s1. The van der Waals surface area contributed by atoms with Crippen LogP contribution in [0.3, 0.4) is 0 Å². The van der Waals surface area contributed by atoms with E-state index < -0.39 is 5.92 Å². The van der Waals surface area contributed by atoms with E-state index in [0.29, 0.717) is 33.2 Å². The molecule has 0 saturated heterocycles. The number of ether oxygens (including phenoxy) is 2. The minimum Gasteiger partial charge on any atom is -0.495 e. The summed E-state index contributed by atoms with van der Waals surface area (Å²) in [5.74, 6) is -0.626. The summed E-state index contributed by atoms with van der Waals surface area (Å²) in [6.07, 6.45) is 0. The molecule has 0 amide bonds. The number of H-pyrrole nitrogens is 1. The topological polar surface area (TPSA) is 96.9 Å². The van der Waals surface area contributed by atoms with Gasteiger partial charge in [0.25, 0.3) is 0 Å². The number of halogens is 3. The fourth-order valence-electron chi connectivity index (χ4n) is 3.40. The van der Waals surface area contributed by atoms with Gasteiger partial charge in [-0.3, -0.25) is 5.10 Å². The fraction of sp³-hybridized carbons (Fsp3) is 0.100. The van der Waals surface area contributed by atoms with E-state index in [2.05, 4.69) is 16.3 Å². The maximum absolute atomic E-state index is 13.4. The molecule has 0 bridgehead atoms. The number of aromatic amines is 1. The molecule has 1 aliphatic heterocycles. The Balaban J connectivity index is 2.02. The van der Waals surface area contributed by atoms with Crippen LogP contribution in [0.4, 0.5) is 4.39 Å². The van der Waals surface area contributed by atoms with E-state index in [9.17, 15) is 9.65 Å². The van der Waals surface area contributed by atoms with Gasteiger partial charge in [0, 0.05) is 16.1 Å². The van der Waals surface area contributed by atoms with Crippen LogP contribution < -0.4 is 15.2 Å².